The lowest BCUT2D eigenvalue weighted by Gasteiger charge is -2.29. The van der Waals surface area contributed by atoms with E-state index in [9.17, 15) is 4.79 Å². The first-order chi connectivity index (χ1) is 11.7. The minimum Gasteiger partial charge on any atom is -0.493 e. The minimum absolute atomic E-state index is 0.0121. The third-order valence-corrected chi connectivity index (χ3v) is 4.19. The molecule has 2 aromatic rings. The molecule has 0 saturated carbocycles. The number of benzene rings is 2. The summed E-state index contributed by atoms with van der Waals surface area (Å²) in [4.78, 5) is 14.7. The molecule has 124 valence electrons. The summed E-state index contributed by atoms with van der Waals surface area (Å²) in [5.41, 5.74) is 3.15. The molecule has 24 heavy (non-hydrogen) atoms. The van der Waals surface area contributed by atoms with Crippen LogP contribution in [0, 0.1) is 0 Å². The summed E-state index contributed by atoms with van der Waals surface area (Å²) in [6.07, 6.45) is 2.56. The van der Waals surface area contributed by atoms with Gasteiger partial charge in [0.05, 0.1) is 7.11 Å². The molecule has 0 atom stereocenters. The maximum atomic E-state index is 12.8. The molecule has 0 N–H and O–H groups in total. The van der Waals surface area contributed by atoms with E-state index in [4.69, 9.17) is 9.47 Å². The van der Waals surface area contributed by atoms with Crippen molar-refractivity contribution < 1.29 is 14.3 Å². The van der Waals surface area contributed by atoms with E-state index in [2.05, 4.69) is 18.7 Å². The predicted molar refractivity (Wildman–Crippen MR) is 93.6 cm³/mol. The Bertz CT molecular complexity index is 754. The highest BCUT2D eigenvalue weighted by atomic mass is 16.5. The average Bonchev–Trinajstić information content (AvgIpc) is 2.65. The Morgan fingerprint density at radius 1 is 1.21 bits per heavy atom. The van der Waals surface area contributed by atoms with Crippen molar-refractivity contribution >= 4 is 5.91 Å². The van der Waals surface area contributed by atoms with Crippen LogP contribution in [0.15, 0.2) is 55.1 Å². The van der Waals surface area contributed by atoms with E-state index in [-0.39, 0.29) is 5.91 Å². The lowest BCUT2D eigenvalue weighted by molar-refractivity contribution is 0.0734. The molecule has 0 aromatic heterocycles. The standard InChI is InChI=1S/C20H21NO3/c1-3-12-24-18-9-8-16(13-19(18)23-2)20(22)21-11-10-15-6-4-5-7-17(15)14-21/h3-9,13H,1,10-12,14H2,2H3. The van der Waals surface area contributed by atoms with E-state index >= 15 is 0 Å². The van der Waals surface area contributed by atoms with Gasteiger partial charge in [0.15, 0.2) is 11.5 Å². The minimum atomic E-state index is 0.0121. The normalized spacial score (nSPS) is 13.1. The van der Waals surface area contributed by atoms with Crippen molar-refractivity contribution in [2.24, 2.45) is 0 Å². The molecule has 1 aliphatic rings. The van der Waals surface area contributed by atoms with Gasteiger partial charge in [0, 0.05) is 18.7 Å². The van der Waals surface area contributed by atoms with E-state index in [1.165, 1.54) is 11.1 Å². The quantitative estimate of drug-likeness (QED) is 0.791. The molecular formula is C20H21NO3. The van der Waals surface area contributed by atoms with Crippen LogP contribution in [-0.4, -0.2) is 31.1 Å². The van der Waals surface area contributed by atoms with Crippen LogP contribution in [0.4, 0.5) is 0 Å². The molecule has 0 aliphatic carbocycles. The topological polar surface area (TPSA) is 38.8 Å². The Kier molecular flexibility index (Phi) is 4.85. The van der Waals surface area contributed by atoms with Crippen LogP contribution >= 0.6 is 0 Å². The zero-order valence-corrected chi connectivity index (χ0v) is 13.8. The number of rotatable bonds is 5. The lowest BCUT2D eigenvalue weighted by Crippen LogP contribution is -2.35. The van der Waals surface area contributed by atoms with E-state index < -0.39 is 0 Å². The number of nitrogens with zero attached hydrogens (tertiary/aromatic N) is 1. The molecular weight excluding hydrogens is 302 g/mol. The molecule has 0 fully saturated rings. The first kappa shape index (κ1) is 16.1. The number of hydrogen-bond donors (Lipinski definition) is 0. The summed E-state index contributed by atoms with van der Waals surface area (Å²) in [5, 5.41) is 0. The lowest BCUT2D eigenvalue weighted by atomic mass is 9.99. The molecule has 0 unspecified atom stereocenters. The Morgan fingerprint density at radius 2 is 2.00 bits per heavy atom. The summed E-state index contributed by atoms with van der Waals surface area (Å²) >= 11 is 0. The van der Waals surface area contributed by atoms with Gasteiger partial charge >= 0.3 is 0 Å². The van der Waals surface area contributed by atoms with Crippen LogP contribution in [0.1, 0.15) is 21.5 Å². The number of carbonyl (C=O) groups excluding carboxylic acids is 1. The van der Waals surface area contributed by atoms with Crippen molar-refractivity contribution in [2.75, 3.05) is 20.3 Å². The zero-order chi connectivity index (χ0) is 16.9. The molecule has 2 aromatic carbocycles. The van der Waals surface area contributed by atoms with E-state index in [1.54, 1.807) is 31.4 Å². The fourth-order valence-corrected chi connectivity index (χ4v) is 2.92. The average molecular weight is 323 g/mol. The maximum absolute atomic E-state index is 12.8. The second-order valence-corrected chi connectivity index (χ2v) is 5.71. The summed E-state index contributed by atoms with van der Waals surface area (Å²) in [7, 11) is 1.57. The molecule has 1 heterocycles. The highest BCUT2D eigenvalue weighted by Crippen LogP contribution is 2.29. The molecule has 1 amide bonds. The van der Waals surface area contributed by atoms with Crippen molar-refractivity contribution in [3.63, 3.8) is 0 Å². The fourth-order valence-electron chi connectivity index (χ4n) is 2.92. The van der Waals surface area contributed by atoms with Crippen molar-refractivity contribution in [1.29, 1.82) is 0 Å². The Hall–Kier alpha value is -2.75. The molecule has 0 bridgehead atoms. The SMILES string of the molecule is C=CCOc1ccc(C(=O)N2CCc3ccccc3C2)cc1OC. The number of methoxy groups -OCH3 is 1. The summed E-state index contributed by atoms with van der Waals surface area (Å²) in [6, 6.07) is 13.6. The van der Waals surface area contributed by atoms with Gasteiger partial charge < -0.3 is 14.4 Å². The van der Waals surface area contributed by atoms with Gasteiger partial charge in [0.2, 0.25) is 0 Å². The molecule has 0 radical (unpaired) electrons. The van der Waals surface area contributed by atoms with Crippen LogP contribution in [0.2, 0.25) is 0 Å². The summed E-state index contributed by atoms with van der Waals surface area (Å²) < 4.78 is 10.9. The zero-order valence-electron chi connectivity index (χ0n) is 13.8. The molecule has 3 rings (SSSR count). The second kappa shape index (κ2) is 7.21. The Morgan fingerprint density at radius 3 is 2.75 bits per heavy atom. The van der Waals surface area contributed by atoms with Gasteiger partial charge in [-0.1, -0.05) is 36.9 Å². The van der Waals surface area contributed by atoms with Gasteiger partial charge in [-0.3, -0.25) is 4.79 Å². The number of amides is 1. The van der Waals surface area contributed by atoms with Crippen molar-refractivity contribution in [3.8, 4) is 11.5 Å². The van der Waals surface area contributed by atoms with Gasteiger partial charge in [-0.25, -0.2) is 0 Å². The third kappa shape index (κ3) is 3.27. The van der Waals surface area contributed by atoms with Crippen molar-refractivity contribution in [2.45, 2.75) is 13.0 Å². The van der Waals surface area contributed by atoms with Crippen LogP contribution in [0.25, 0.3) is 0 Å². The van der Waals surface area contributed by atoms with Gasteiger partial charge in [0.1, 0.15) is 6.61 Å². The predicted octanol–water partition coefficient (Wildman–Crippen LogP) is 3.46. The van der Waals surface area contributed by atoms with E-state index in [1.807, 2.05) is 17.0 Å². The number of hydrogen-bond acceptors (Lipinski definition) is 3. The van der Waals surface area contributed by atoms with Crippen molar-refractivity contribution in [3.05, 3.63) is 71.8 Å². The number of fused-ring (bicyclic) bond motifs is 1. The molecule has 4 nitrogen and oxygen atoms in total. The highest BCUT2D eigenvalue weighted by Gasteiger charge is 2.22. The first-order valence-corrected chi connectivity index (χ1v) is 8.00. The second-order valence-electron chi connectivity index (χ2n) is 5.71. The molecule has 0 saturated heterocycles. The van der Waals surface area contributed by atoms with Crippen LogP contribution in [0.3, 0.4) is 0 Å². The number of ether oxygens (including phenoxy) is 2. The van der Waals surface area contributed by atoms with Gasteiger partial charge in [-0.15, -0.1) is 0 Å². The third-order valence-electron chi connectivity index (χ3n) is 4.19. The van der Waals surface area contributed by atoms with Crippen molar-refractivity contribution in [1.82, 2.24) is 4.90 Å². The Labute approximate surface area is 142 Å². The van der Waals surface area contributed by atoms with Gasteiger partial charge in [-0.2, -0.15) is 0 Å². The highest BCUT2D eigenvalue weighted by molar-refractivity contribution is 5.95. The summed E-state index contributed by atoms with van der Waals surface area (Å²) in [6.45, 7) is 5.40. The van der Waals surface area contributed by atoms with Gasteiger partial charge in [0.25, 0.3) is 5.91 Å². The molecule has 1 aliphatic heterocycles. The van der Waals surface area contributed by atoms with Crippen LogP contribution in [-0.2, 0) is 13.0 Å². The number of carbonyl (C=O) groups is 1. The maximum Gasteiger partial charge on any atom is 0.254 e. The van der Waals surface area contributed by atoms with Gasteiger partial charge in [-0.05, 0) is 35.7 Å². The smallest absolute Gasteiger partial charge is 0.254 e. The van der Waals surface area contributed by atoms with E-state index in [0.29, 0.717) is 30.2 Å². The summed E-state index contributed by atoms with van der Waals surface area (Å²) in [5.74, 6) is 1.18. The monoisotopic (exact) mass is 323 g/mol. The fraction of sp³-hybridized carbons (Fsp3) is 0.250. The first-order valence-electron chi connectivity index (χ1n) is 8.00. The largest absolute Gasteiger partial charge is 0.493 e. The van der Waals surface area contributed by atoms with Crippen LogP contribution in [0.5, 0.6) is 11.5 Å². The molecule has 0 spiro atoms. The van der Waals surface area contributed by atoms with E-state index in [0.717, 1.165) is 13.0 Å². The molecule has 4 heteroatoms. The van der Waals surface area contributed by atoms with Crippen LogP contribution < -0.4 is 9.47 Å². The Balaban J connectivity index is 1.79.